The van der Waals surface area contributed by atoms with Gasteiger partial charge >= 0.3 is 0 Å². The van der Waals surface area contributed by atoms with Crippen LogP contribution >= 0.6 is 0 Å². The smallest absolute Gasteiger partial charge is 0.224 e. The maximum atomic E-state index is 12.6. The summed E-state index contributed by atoms with van der Waals surface area (Å²) < 4.78 is 0. The van der Waals surface area contributed by atoms with Gasteiger partial charge in [-0.05, 0) is 50.5 Å². The van der Waals surface area contributed by atoms with Crippen molar-refractivity contribution < 1.29 is 14.7 Å². The van der Waals surface area contributed by atoms with E-state index in [1.165, 1.54) is 5.56 Å². The maximum Gasteiger partial charge on any atom is 0.224 e. The van der Waals surface area contributed by atoms with Gasteiger partial charge in [0.25, 0.3) is 0 Å². The number of hydrogen-bond acceptors (Lipinski definition) is 3. The average molecular weight is 300 g/mol. The van der Waals surface area contributed by atoms with E-state index in [-0.39, 0.29) is 23.8 Å². The Morgan fingerprint density at radius 1 is 1.14 bits per heavy atom. The van der Waals surface area contributed by atoms with E-state index < -0.39 is 17.8 Å². The third kappa shape index (κ3) is 2.62. The van der Waals surface area contributed by atoms with Gasteiger partial charge in [-0.3, -0.25) is 4.79 Å². The number of benzene rings is 1. The highest BCUT2D eigenvalue weighted by Crippen LogP contribution is 2.52. The van der Waals surface area contributed by atoms with Gasteiger partial charge in [0.15, 0.2) is 0 Å². The van der Waals surface area contributed by atoms with Crippen LogP contribution < -0.4 is 10.4 Å². The Labute approximate surface area is 130 Å². The molecule has 0 heterocycles. The molecule has 5 atom stereocenters. The lowest BCUT2D eigenvalue weighted by Crippen LogP contribution is -2.46. The lowest BCUT2D eigenvalue weighted by molar-refractivity contribution is -0.314. The summed E-state index contributed by atoms with van der Waals surface area (Å²) in [7, 11) is 0. The molecular weight excluding hydrogens is 278 g/mol. The van der Waals surface area contributed by atoms with E-state index >= 15 is 0 Å². The number of carboxylic acids is 1. The minimum Gasteiger partial charge on any atom is -0.550 e. The molecule has 2 aliphatic carbocycles. The van der Waals surface area contributed by atoms with Crippen molar-refractivity contribution in [3.63, 3.8) is 0 Å². The second kappa shape index (κ2) is 5.75. The van der Waals surface area contributed by atoms with Crippen molar-refractivity contribution in [2.75, 3.05) is 0 Å². The summed E-state index contributed by atoms with van der Waals surface area (Å²) >= 11 is 0. The Kier molecular flexibility index (Phi) is 3.94. The second-order valence-corrected chi connectivity index (χ2v) is 6.84. The molecule has 0 saturated heterocycles. The number of aryl methyl sites for hydroxylation is 1. The first-order chi connectivity index (χ1) is 10.5. The normalized spacial score (nSPS) is 31.0. The van der Waals surface area contributed by atoms with Crippen LogP contribution in [0.15, 0.2) is 24.3 Å². The zero-order valence-corrected chi connectivity index (χ0v) is 13.0. The Morgan fingerprint density at radius 2 is 1.73 bits per heavy atom. The number of amides is 1. The van der Waals surface area contributed by atoms with Crippen LogP contribution in [0, 0.1) is 30.6 Å². The molecule has 2 aliphatic rings. The molecule has 4 heteroatoms. The van der Waals surface area contributed by atoms with Crippen LogP contribution in [-0.4, -0.2) is 11.9 Å². The van der Waals surface area contributed by atoms with Gasteiger partial charge in [0.05, 0.1) is 6.04 Å². The van der Waals surface area contributed by atoms with E-state index in [1.807, 2.05) is 38.1 Å². The summed E-state index contributed by atoms with van der Waals surface area (Å²) in [4.78, 5) is 24.0. The van der Waals surface area contributed by atoms with Crippen LogP contribution in [0.5, 0.6) is 0 Å². The quantitative estimate of drug-likeness (QED) is 0.918. The Morgan fingerprint density at radius 3 is 2.32 bits per heavy atom. The minimum atomic E-state index is -1.06. The fourth-order valence-electron chi connectivity index (χ4n) is 4.26. The van der Waals surface area contributed by atoms with E-state index in [2.05, 4.69) is 5.32 Å². The molecule has 0 radical (unpaired) electrons. The molecule has 0 spiro atoms. The monoisotopic (exact) mass is 300 g/mol. The van der Waals surface area contributed by atoms with Gasteiger partial charge in [-0.15, -0.1) is 0 Å². The van der Waals surface area contributed by atoms with Crippen molar-refractivity contribution in [3.05, 3.63) is 35.4 Å². The topological polar surface area (TPSA) is 69.2 Å². The zero-order chi connectivity index (χ0) is 15.9. The number of rotatable bonds is 4. The number of nitrogens with one attached hydrogen (secondary N) is 1. The standard InChI is InChI=1S/C18H23NO3/c1-10-3-5-12(6-4-10)11(2)19-17(20)15-13-7-8-14(9-13)16(15)18(21)22/h3-6,11,13-16H,7-9H2,1-2H3,(H,19,20)(H,21,22)/p-1/t11-,13+,14+,15+,16+/m1/s1. The van der Waals surface area contributed by atoms with Crippen molar-refractivity contribution >= 4 is 11.9 Å². The number of aliphatic carboxylic acids is 1. The molecule has 22 heavy (non-hydrogen) atoms. The van der Waals surface area contributed by atoms with Gasteiger partial charge in [0.2, 0.25) is 5.91 Å². The van der Waals surface area contributed by atoms with Crippen molar-refractivity contribution in [3.8, 4) is 0 Å². The predicted octanol–water partition coefficient (Wildman–Crippen LogP) is 1.58. The summed E-state index contributed by atoms with van der Waals surface area (Å²) in [6.45, 7) is 3.95. The zero-order valence-electron chi connectivity index (χ0n) is 13.0. The van der Waals surface area contributed by atoms with Gasteiger partial charge in [-0.2, -0.15) is 0 Å². The van der Waals surface area contributed by atoms with Crippen LogP contribution in [0.25, 0.3) is 0 Å². The van der Waals surface area contributed by atoms with Crippen molar-refractivity contribution in [2.45, 2.75) is 39.2 Å². The molecule has 2 fully saturated rings. The van der Waals surface area contributed by atoms with Gasteiger partial charge in [-0.25, -0.2) is 0 Å². The highest BCUT2D eigenvalue weighted by atomic mass is 16.4. The molecule has 0 aromatic heterocycles. The van der Waals surface area contributed by atoms with Crippen molar-refractivity contribution in [1.29, 1.82) is 0 Å². The highest BCUT2D eigenvalue weighted by Gasteiger charge is 2.51. The lowest BCUT2D eigenvalue weighted by atomic mass is 9.78. The molecule has 3 rings (SSSR count). The van der Waals surface area contributed by atoms with E-state index in [0.29, 0.717) is 0 Å². The molecule has 1 N–H and O–H groups in total. The van der Waals surface area contributed by atoms with Crippen molar-refractivity contribution in [2.24, 2.45) is 23.7 Å². The third-order valence-electron chi connectivity index (χ3n) is 5.43. The highest BCUT2D eigenvalue weighted by molar-refractivity contribution is 5.85. The largest absolute Gasteiger partial charge is 0.550 e. The van der Waals surface area contributed by atoms with Gasteiger partial charge < -0.3 is 15.2 Å². The minimum absolute atomic E-state index is 0.116. The van der Waals surface area contributed by atoms with E-state index in [4.69, 9.17) is 0 Å². The molecule has 1 aromatic carbocycles. The van der Waals surface area contributed by atoms with E-state index in [1.54, 1.807) is 0 Å². The Hall–Kier alpha value is -1.84. The average Bonchev–Trinajstić information content (AvgIpc) is 3.08. The van der Waals surface area contributed by atoms with E-state index in [9.17, 15) is 14.7 Å². The predicted molar refractivity (Wildman–Crippen MR) is 80.6 cm³/mol. The fourth-order valence-corrected chi connectivity index (χ4v) is 4.26. The molecule has 4 nitrogen and oxygen atoms in total. The summed E-state index contributed by atoms with van der Waals surface area (Å²) in [6, 6.07) is 7.91. The number of carboxylic acid groups (broad SMARTS) is 1. The number of carbonyl (C=O) groups is 2. The molecule has 1 aromatic rings. The van der Waals surface area contributed by atoms with Crippen LogP contribution in [0.4, 0.5) is 0 Å². The molecule has 2 saturated carbocycles. The lowest BCUT2D eigenvalue weighted by Gasteiger charge is -2.31. The molecular formula is C18H22NO3-. The number of carbonyl (C=O) groups excluding carboxylic acids is 2. The molecule has 0 aliphatic heterocycles. The SMILES string of the molecule is Cc1ccc([C@@H](C)NC(=O)[C@H]2[C@H]3CC[C@@H](C3)[C@@H]2C(=O)[O-])cc1. The second-order valence-electron chi connectivity index (χ2n) is 6.84. The fraction of sp³-hybridized carbons (Fsp3) is 0.556. The van der Waals surface area contributed by atoms with E-state index in [0.717, 1.165) is 24.8 Å². The molecule has 1 amide bonds. The Bertz CT molecular complexity index is 580. The first-order valence-electron chi connectivity index (χ1n) is 8.05. The van der Waals surface area contributed by atoms with Crippen LogP contribution in [0.1, 0.15) is 43.4 Å². The van der Waals surface area contributed by atoms with Gasteiger partial charge in [-0.1, -0.05) is 29.8 Å². The van der Waals surface area contributed by atoms with Crippen LogP contribution in [-0.2, 0) is 9.59 Å². The summed E-state index contributed by atoms with van der Waals surface area (Å²) in [5.41, 5.74) is 2.21. The van der Waals surface area contributed by atoms with Gasteiger partial charge in [0.1, 0.15) is 0 Å². The summed E-state index contributed by atoms with van der Waals surface area (Å²) in [5.74, 6) is -1.89. The number of fused-ring (bicyclic) bond motifs is 2. The number of hydrogen-bond donors (Lipinski definition) is 1. The van der Waals surface area contributed by atoms with Crippen molar-refractivity contribution in [1.82, 2.24) is 5.32 Å². The third-order valence-corrected chi connectivity index (χ3v) is 5.43. The maximum absolute atomic E-state index is 12.6. The molecule has 118 valence electrons. The van der Waals surface area contributed by atoms with Gasteiger partial charge in [0, 0.05) is 17.8 Å². The molecule has 2 bridgehead atoms. The first kappa shape index (κ1) is 15.1. The Balaban J connectivity index is 1.71. The molecule has 0 unspecified atom stereocenters. The van der Waals surface area contributed by atoms with Crippen LogP contribution in [0.2, 0.25) is 0 Å². The summed E-state index contributed by atoms with van der Waals surface area (Å²) in [5, 5.41) is 14.4. The summed E-state index contributed by atoms with van der Waals surface area (Å²) in [6.07, 6.45) is 2.74. The van der Waals surface area contributed by atoms with Crippen LogP contribution in [0.3, 0.4) is 0 Å². The first-order valence-corrected chi connectivity index (χ1v) is 8.05.